The number of methoxy groups -OCH3 is 1. The first-order valence-electron chi connectivity index (χ1n) is 16.4. The van der Waals surface area contributed by atoms with Crippen LogP contribution in [0.25, 0.3) is 22.6 Å². The third kappa shape index (κ3) is 7.59. The second-order valence-electron chi connectivity index (χ2n) is 12.9. The molecule has 1 aliphatic carbocycles. The molecular weight excluding hydrogens is 607 g/mol. The molecule has 3 heterocycles. The number of likely N-dealkylation sites (N-methyl/N-ethyl adjacent to an activating group) is 1. The largest absolute Gasteiger partial charge is 0.463 e. The Hall–Kier alpha value is -4.03. The number of rotatable bonds is 11. The van der Waals surface area contributed by atoms with Gasteiger partial charge in [-0.05, 0) is 75.9 Å². The Bertz CT molecular complexity index is 1690. The average Bonchev–Trinajstić information content (AvgIpc) is 3.39. The standard InChI is InChI=1S/C35H42F3N7O2/c1-23-7-4-10-26(21-23)33-42-31-29(45(33)22-24-12-14-27(15-13-24)35(36,37)38)30(40-32(41-31)34(46)47-3)39-28(25-8-5-9-25)11-6-16-44-19-17-43(2)18-20-44/h4,7,10,12-15,21,25,28H,5-6,8-9,11,16-20,22H2,1-3H3,(H,39,40,41). The Kier molecular flexibility index (Phi) is 9.79. The van der Waals surface area contributed by atoms with Gasteiger partial charge in [-0.1, -0.05) is 42.3 Å². The van der Waals surface area contributed by atoms with Gasteiger partial charge in [0.05, 0.1) is 12.7 Å². The molecule has 0 bridgehead atoms. The van der Waals surface area contributed by atoms with Gasteiger partial charge in [0, 0.05) is 44.3 Å². The predicted molar refractivity (Wildman–Crippen MR) is 175 cm³/mol. The molecule has 1 atom stereocenters. The van der Waals surface area contributed by atoms with Crippen molar-refractivity contribution >= 4 is 23.0 Å². The van der Waals surface area contributed by atoms with E-state index in [1.807, 2.05) is 35.8 Å². The van der Waals surface area contributed by atoms with Crippen LogP contribution in [-0.2, 0) is 17.5 Å². The zero-order chi connectivity index (χ0) is 33.1. The van der Waals surface area contributed by atoms with Crippen LogP contribution in [0.3, 0.4) is 0 Å². The molecule has 2 aromatic heterocycles. The monoisotopic (exact) mass is 649 g/mol. The molecule has 1 unspecified atom stereocenters. The van der Waals surface area contributed by atoms with Crippen molar-refractivity contribution < 1.29 is 22.7 Å². The first kappa shape index (κ1) is 32.9. The summed E-state index contributed by atoms with van der Waals surface area (Å²) in [6, 6.07) is 13.1. The van der Waals surface area contributed by atoms with Crippen LogP contribution < -0.4 is 5.32 Å². The molecule has 0 amide bonds. The van der Waals surface area contributed by atoms with Crippen molar-refractivity contribution in [3.8, 4) is 11.4 Å². The summed E-state index contributed by atoms with van der Waals surface area (Å²) < 4.78 is 47.0. The molecule has 2 aromatic carbocycles. The van der Waals surface area contributed by atoms with Crippen molar-refractivity contribution in [2.45, 2.75) is 57.8 Å². The number of esters is 1. The van der Waals surface area contributed by atoms with Crippen LogP contribution in [0.5, 0.6) is 0 Å². The Balaban J connectivity index is 1.40. The number of hydrogen-bond donors (Lipinski definition) is 1. The number of carbonyl (C=O) groups is 1. The van der Waals surface area contributed by atoms with E-state index in [9.17, 15) is 18.0 Å². The molecule has 1 saturated heterocycles. The number of nitrogens with one attached hydrogen (secondary N) is 1. The van der Waals surface area contributed by atoms with Gasteiger partial charge in [-0.15, -0.1) is 0 Å². The number of fused-ring (bicyclic) bond motifs is 1. The fraction of sp³-hybridized carbons (Fsp3) is 0.486. The van der Waals surface area contributed by atoms with Crippen LogP contribution >= 0.6 is 0 Å². The zero-order valence-corrected chi connectivity index (χ0v) is 27.2. The number of benzene rings is 2. The fourth-order valence-electron chi connectivity index (χ4n) is 6.51. The highest BCUT2D eigenvalue weighted by Crippen LogP contribution is 2.36. The fourth-order valence-corrected chi connectivity index (χ4v) is 6.51. The molecule has 2 fully saturated rings. The van der Waals surface area contributed by atoms with Gasteiger partial charge >= 0.3 is 12.1 Å². The zero-order valence-electron chi connectivity index (χ0n) is 27.2. The minimum absolute atomic E-state index is 0.0951. The highest BCUT2D eigenvalue weighted by molar-refractivity contribution is 5.93. The Morgan fingerprint density at radius 3 is 2.43 bits per heavy atom. The number of aromatic nitrogens is 4. The topological polar surface area (TPSA) is 88.4 Å². The number of aryl methyl sites for hydroxylation is 1. The molecule has 1 N–H and O–H groups in total. The number of anilines is 1. The minimum atomic E-state index is -4.43. The summed E-state index contributed by atoms with van der Waals surface area (Å²) >= 11 is 0. The van der Waals surface area contributed by atoms with Gasteiger partial charge in [-0.2, -0.15) is 13.2 Å². The van der Waals surface area contributed by atoms with E-state index in [1.165, 1.54) is 25.7 Å². The minimum Gasteiger partial charge on any atom is -0.463 e. The molecule has 1 saturated carbocycles. The van der Waals surface area contributed by atoms with E-state index in [0.29, 0.717) is 34.3 Å². The summed E-state index contributed by atoms with van der Waals surface area (Å²) in [4.78, 5) is 31.8. The summed E-state index contributed by atoms with van der Waals surface area (Å²) in [5, 5.41) is 3.72. The number of imidazole rings is 1. The molecule has 0 radical (unpaired) electrons. The van der Waals surface area contributed by atoms with E-state index in [0.717, 1.165) is 81.7 Å². The molecule has 12 heteroatoms. The van der Waals surface area contributed by atoms with E-state index in [-0.39, 0.29) is 18.4 Å². The molecule has 9 nitrogen and oxygen atoms in total. The molecule has 2 aliphatic rings. The van der Waals surface area contributed by atoms with Gasteiger partial charge in [0.2, 0.25) is 5.82 Å². The lowest BCUT2D eigenvalue weighted by Crippen LogP contribution is -2.45. The maximum absolute atomic E-state index is 13.4. The van der Waals surface area contributed by atoms with E-state index >= 15 is 0 Å². The van der Waals surface area contributed by atoms with Crippen molar-refractivity contribution in [2.24, 2.45) is 5.92 Å². The lowest BCUT2D eigenvalue weighted by atomic mass is 9.78. The second kappa shape index (κ2) is 14.0. The molecule has 6 rings (SSSR count). The first-order valence-corrected chi connectivity index (χ1v) is 16.4. The molecule has 4 aromatic rings. The molecule has 250 valence electrons. The summed E-state index contributed by atoms with van der Waals surface area (Å²) in [6.07, 6.45) is 0.941. The van der Waals surface area contributed by atoms with Gasteiger partial charge in [0.25, 0.3) is 0 Å². The van der Waals surface area contributed by atoms with Gasteiger partial charge in [0.1, 0.15) is 11.3 Å². The Morgan fingerprint density at radius 1 is 1.04 bits per heavy atom. The predicted octanol–water partition coefficient (Wildman–Crippen LogP) is 6.26. The summed E-state index contributed by atoms with van der Waals surface area (Å²) in [6.45, 7) is 7.52. The summed E-state index contributed by atoms with van der Waals surface area (Å²) in [5.41, 5.74) is 2.72. The Labute approximate surface area is 273 Å². The lowest BCUT2D eigenvalue weighted by Gasteiger charge is -2.36. The lowest BCUT2D eigenvalue weighted by molar-refractivity contribution is -0.137. The van der Waals surface area contributed by atoms with Gasteiger partial charge in [0.15, 0.2) is 11.5 Å². The van der Waals surface area contributed by atoms with Crippen molar-refractivity contribution in [1.82, 2.24) is 29.3 Å². The number of halogens is 3. The van der Waals surface area contributed by atoms with E-state index in [1.54, 1.807) is 0 Å². The maximum atomic E-state index is 13.4. The van der Waals surface area contributed by atoms with E-state index in [2.05, 4.69) is 27.1 Å². The third-order valence-corrected chi connectivity index (χ3v) is 9.50. The van der Waals surface area contributed by atoms with Crippen LogP contribution in [0.15, 0.2) is 48.5 Å². The van der Waals surface area contributed by atoms with Crippen LogP contribution in [0, 0.1) is 12.8 Å². The molecular formula is C35H42F3N7O2. The smallest absolute Gasteiger partial charge is 0.416 e. The number of hydrogen-bond acceptors (Lipinski definition) is 8. The van der Waals surface area contributed by atoms with Crippen molar-refractivity contribution in [3.05, 3.63) is 71.0 Å². The van der Waals surface area contributed by atoms with Crippen molar-refractivity contribution in [1.29, 1.82) is 0 Å². The highest BCUT2D eigenvalue weighted by atomic mass is 19.4. The second-order valence-corrected chi connectivity index (χ2v) is 12.9. The first-order chi connectivity index (χ1) is 22.6. The number of nitrogens with zero attached hydrogens (tertiary/aromatic N) is 6. The molecule has 47 heavy (non-hydrogen) atoms. The van der Waals surface area contributed by atoms with Gasteiger partial charge in [-0.3, -0.25) is 0 Å². The summed E-state index contributed by atoms with van der Waals surface area (Å²) in [7, 11) is 3.45. The van der Waals surface area contributed by atoms with Crippen LogP contribution in [0.1, 0.15) is 59.4 Å². The summed E-state index contributed by atoms with van der Waals surface area (Å²) in [5.74, 6) is 0.766. The van der Waals surface area contributed by atoms with E-state index in [4.69, 9.17) is 14.7 Å². The van der Waals surface area contributed by atoms with Crippen LogP contribution in [0.4, 0.5) is 19.0 Å². The number of carbonyl (C=O) groups excluding carboxylic acids is 1. The number of ether oxygens (including phenoxy) is 1. The van der Waals surface area contributed by atoms with Crippen LogP contribution in [0.2, 0.25) is 0 Å². The SMILES string of the molecule is COC(=O)c1nc(NC(CCCN2CCN(C)CC2)C2CCC2)c2c(n1)nc(-c1cccc(C)c1)n2Cc1ccc(C(F)(F)F)cc1. The maximum Gasteiger partial charge on any atom is 0.416 e. The van der Waals surface area contributed by atoms with Crippen LogP contribution in [-0.4, -0.2) is 88.2 Å². The average molecular weight is 650 g/mol. The number of piperazine rings is 1. The molecule has 1 aliphatic heterocycles. The van der Waals surface area contributed by atoms with Gasteiger partial charge in [-0.25, -0.2) is 19.7 Å². The third-order valence-electron chi connectivity index (χ3n) is 9.50. The molecule has 0 spiro atoms. The highest BCUT2D eigenvalue weighted by Gasteiger charge is 2.32. The van der Waals surface area contributed by atoms with E-state index < -0.39 is 17.7 Å². The van der Waals surface area contributed by atoms with Crippen molar-refractivity contribution in [3.63, 3.8) is 0 Å². The van der Waals surface area contributed by atoms with Gasteiger partial charge < -0.3 is 24.4 Å². The number of alkyl halides is 3. The quantitative estimate of drug-likeness (QED) is 0.191. The Morgan fingerprint density at radius 2 is 1.79 bits per heavy atom. The van der Waals surface area contributed by atoms with Crippen molar-refractivity contribution in [2.75, 3.05) is 52.2 Å². The normalized spacial score (nSPS) is 17.1.